The molecule has 3 amide bonds. The van der Waals surface area contributed by atoms with Crippen LogP contribution in [-0.4, -0.2) is 28.7 Å². The fourth-order valence-electron chi connectivity index (χ4n) is 3.77. The normalized spacial score (nSPS) is 15.8. The Labute approximate surface area is 199 Å². The van der Waals surface area contributed by atoms with Crippen molar-refractivity contribution in [1.29, 1.82) is 0 Å². The molecule has 0 radical (unpaired) electrons. The molecule has 3 aromatic rings. The van der Waals surface area contributed by atoms with E-state index >= 15 is 0 Å². The Morgan fingerprint density at radius 1 is 1.06 bits per heavy atom. The van der Waals surface area contributed by atoms with E-state index in [0.717, 1.165) is 14.0 Å². The molecule has 5 nitrogen and oxygen atoms in total. The molecule has 0 bridgehead atoms. The summed E-state index contributed by atoms with van der Waals surface area (Å²) in [4.78, 5) is 42.2. The topological polar surface area (TPSA) is 57.7 Å². The fourth-order valence-corrected chi connectivity index (χ4v) is 4.13. The zero-order valence-electron chi connectivity index (χ0n) is 17.3. The zero-order valence-corrected chi connectivity index (χ0v) is 19.5. The molecule has 3 aromatic carbocycles. The van der Waals surface area contributed by atoms with Crippen molar-refractivity contribution < 1.29 is 18.8 Å². The van der Waals surface area contributed by atoms with E-state index in [2.05, 4.69) is 22.6 Å². The number of carbonyl (C=O) groups is 3. The Hall–Kier alpha value is -3.07. The highest BCUT2D eigenvalue weighted by Crippen LogP contribution is 2.28. The third-order valence-corrected chi connectivity index (χ3v) is 6.10. The van der Waals surface area contributed by atoms with E-state index in [1.54, 1.807) is 42.5 Å². The number of rotatable bonds is 5. The number of carbonyl (C=O) groups excluding carboxylic acids is 3. The zero-order chi connectivity index (χ0) is 22.8. The predicted molar refractivity (Wildman–Crippen MR) is 128 cm³/mol. The van der Waals surface area contributed by atoms with Crippen LogP contribution in [0.15, 0.2) is 72.8 Å². The molecule has 7 heteroatoms. The first kappa shape index (κ1) is 22.1. The van der Waals surface area contributed by atoms with Gasteiger partial charge in [0.05, 0.1) is 12.1 Å². The quantitative estimate of drug-likeness (QED) is 0.347. The van der Waals surface area contributed by atoms with Crippen molar-refractivity contribution in [2.75, 3.05) is 4.90 Å². The van der Waals surface area contributed by atoms with E-state index in [4.69, 9.17) is 0 Å². The van der Waals surface area contributed by atoms with Crippen molar-refractivity contribution in [2.24, 2.45) is 0 Å². The van der Waals surface area contributed by atoms with Crippen LogP contribution in [-0.2, 0) is 16.1 Å². The molecular weight excluding hydrogens is 522 g/mol. The van der Waals surface area contributed by atoms with Gasteiger partial charge in [-0.2, -0.15) is 0 Å². The number of hydrogen-bond donors (Lipinski definition) is 0. The molecule has 0 spiro atoms. The minimum absolute atomic E-state index is 0.0806. The van der Waals surface area contributed by atoms with Gasteiger partial charge in [0.1, 0.15) is 11.9 Å². The molecule has 32 heavy (non-hydrogen) atoms. The molecular formula is C25H20FIN2O3. The Kier molecular flexibility index (Phi) is 6.36. The third-order valence-electron chi connectivity index (χ3n) is 5.38. The highest BCUT2D eigenvalue weighted by atomic mass is 127. The molecule has 0 aromatic heterocycles. The monoisotopic (exact) mass is 542 g/mol. The first-order valence-electron chi connectivity index (χ1n) is 10.1. The minimum atomic E-state index is -0.945. The summed E-state index contributed by atoms with van der Waals surface area (Å²) in [6, 6.07) is 19.0. The molecule has 1 saturated heterocycles. The van der Waals surface area contributed by atoms with Gasteiger partial charge < -0.3 is 4.90 Å². The highest BCUT2D eigenvalue weighted by Gasteiger charge is 2.44. The van der Waals surface area contributed by atoms with Crippen molar-refractivity contribution in [2.45, 2.75) is 25.9 Å². The Morgan fingerprint density at radius 2 is 1.75 bits per heavy atom. The maximum atomic E-state index is 13.5. The lowest BCUT2D eigenvalue weighted by Gasteiger charge is -2.28. The molecule has 0 saturated carbocycles. The van der Waals surface area contributed by atoms with Crippen molar-refractivity contribution in [3.8, 4) is 0 Å². The third kappa shape index (κ3) is 4.57. The van der Waals surface area contributed by atoms with E-state index < -0.39 is 11.9 Å². The van der Waals surface area contributed by atoms with Gasteiger partial charge in [0.15, 0.2) is 0 Å². The molecule has 1 aliphatic rings. The predicted octanol–water partition coefficient (Wildman–Crippen LogP) is 4.71. The second-order valence-corrected chi connectivity index (χ2v) is 8.94. The van der Waals surface area contributed by atoms with Gasteiger partial charge in [0.25, 0.3) is 11.8 Å². The summed E-state index contributed by atoms with van der Waals surface area (Å²) in [5, 5.41) is 0. The van der Waals surface area contributed by atoms with Crippen LogP contribution in [0.25, 0.3) is 0 Å². The van der Waals surface area contributed by atoms with Crippen molar-refractivity contribution in [1.82, 2.24) is 4.90 Å². The van der Waals surface area contributed by atoms with Gasteiger partial charge in [0.2, 0.25) is 5.91 Å². The van der Waals surface area contributed by atoms with E-state index in [-0.39, 0.29) is 30.6 Å². The molecule has 1 aliphatic heterocycles. The summed E-state index contributed by atoms with van der Waals surface area (Å²) < 4.78 is 14.4. The van der Waals surface area contributed by atoms with Crippen LogP contribution in [0.2, 0.25) is 0 Å². The summed E-state index contributed by atoms with van der Waals surface area (Å²) >= 11 is 2.15. The average Bonchev–Trinajstić information content (AvgIpc) is 3.07. The average molecular weight is 542 g/mol. The first-order valence-corrected chi connectivity index (χ1v) is 11.2. The van der Waals surface area contributed by atoms with Crippen molar-refractivity contribution in [3.05, 3.63) is 98.9 Å². The van der Waals surface area contributed by atoms with Gasteiger partial charge in [0, 0.05) is 15.7 Å². The Balaban J connectivity index is 1.69. The van der Waals surface area contributed by atoms with Crippen LogP contribution in [0.1, 0.15) is 27.9 Å². The summed E-state index contributed by atoms with van der Waals surface area (Å²) in [6.45, 7) is 1.96. The molecule has 4 rings (SSSR count). The van der Waals surface area contributed by atoms with Crippen LogP contribution >= 0.6 is 22.6 Å². The standard InChI is InChI=1S/C25H20FIN2O3/c1-16-3-2-4-18(13-16)24(31)28(15-17-5-7-19(26)8-6-17)22-14-23(30)29(25(22)32)21-11-9-20(27)10-12-21/h2-13,22H,14-15H2,1H3. The molecule has 1 heterocycles. The van der Waals surface area contributed by atoms with Gasteiger partial charge in [-0.15, -0.1) is 0 Å². The minimum Gasteiger partial charge on any atom is -0.322 e. The van der Waals surface area contributed by atoms with Crippen LogP contribution in [0.3, 0.4) is 0 Å². The van der Waals surface area contributed by atoms with E-state index in [9.17, 15) is 18.8 Å². The summed E-state index contributed by atoms with van der Waals surface area (Å²) in [5.41, 5.74) is 2.49. The van der Waals surface area contributed by atoms with Gasteiger partial charge in [-0.05, 0) is 83.6 Å². The van der Waals surface area contributed by atoms with Crippen LogP contribution in [0, 0.1) is 16.3 Å². The Morgan fingerprint density at radius 3 is 2.41 bits per heavy atom. The van der Waals surface area contributed by atoms with Gasteiger partial charge in [-0.25, -0.2) is 9.29 Å². The highest BCUT2D eigenvalue weighted by molar-refractivity contribution is 14.1. The lowest BCUT2D eigenvalue weighted by Crippen LogP contribution is -2.45. The summed E-state index contributed by atoms with van der Waals surface area (Å²) in [7, 11) is 0. The summed E-state index contributed by atoms with van der Waals surface area (Å²) in [5.74, 6) is -1.54. The molecule has 0 aliphatic carbocycles. The number of anilines is 1. The van der Waals surface area contributed by atoms with Crippen molar-refractivity contribution in [3.63, 3.8) is 0 Å². The first-order chi connectivity index (χ1) is 15.3. The second kappa shape index (κ2) is 9.20. The number of benzene rings is 3. The number of amides is 3. The number of halogens is 2. The Bertz CT molecular complexity index is 1180. The molecule has 1 unspecified atom stereocenters. The van der Waals surface area contributed by atoms with Gasteiger partial charge >= 0.3 is 0 Å². The number of hydrogen-bond acceptors (Lipinski definition) is 3. The second-order valence-electron chi connectivity index (χ2n) is 7.69. The van der Waals surface area contributed by atoms with E-state index in [1.807, 2.05) is 25.1 Å². The van der Waals surface area contributed by atoms with Crippen LogP contribution < -0.4 is 4.90 Å². The van der Waals surface area contributed by atoms with Crippen LogP contribution in [0.5, 0.6) is 0 Å². The summed E-state index contributed by atoms with van der Waals surface area (Å²) in [6.07, 6.45) is -0.108. The maximum absolute atomic E-state index is 13.5. The smallest absolute Gasteiger partial charge is 0.257 e. The SMILES string of the molecule is Cc1cccc(C(=O)N(Cc2ccc(F)cc2)C2CC(=O)N(c3ccc(I)cc3)C2=O)c1. The number of nitrogens with zero attached hydrogens (tertiary/aromatic N) is 2. The lowest BCUT2D eigenvalue weighted by atomic mass is 10.1. The molecule has 0 N–H and O–H groups in total. The molecule has 1 atom stereocenters. The maximum Gasteiger partial charge on any atom is 0.257 e. The molecule has 1 fully saturated rings. The van der Waals surface area contributed by atoms with Gasteiger partial charge in [-0.1, -0.05) is 29.8 Å². The molecule has 162 valence electrons. The van der Waals surface area contributed by atoms with Crippen molar-refractivity contribution >= 4 is 46.0 Å². The van der Waals surface area contributed by atoms with Gasteiger partial charge in [-0.3, -0.25) is 14.4 Å². The fraction of sp³-hybridized carbons (Fsp3) is 0.160. The number of aryl methyl sites for hydroxylation is 1. The largest absolute Gasteiger partial charge is 0.322 e. The van der Waals surface area contributed by atoms with E-state index in [1.165, 1.54) is 17.0 Å². The number of imide groups is 1. The lowest BCUT2D eigenvalue weighted by molar-refractivity contribution is -0.122. The van der Waals surface area contributed by atoms with E-state index in [0.29, 0.717) is 16.8 Å². The van der Waals surface area contributed by atoms with Crippen LogP contribution in [0.4, 0.5) is 10.1 Å².